The van der Waals surface area contributed by atoms with Gasteiger partial charge in [-0.05, 0) is 36.6 Å². The summed E-state index contributed by atoms with van der Waals surface area (Å²) in [5.41, 5.74) is 4.83. The number of imidazole rings is 1. The van der Waals surface area contributed by atoms with Crippen LogP contribution in [0.2, 0.25) is 0 Å². The Kier molecular flexibility index (Phi) is 4.64. The highest BCUT2D eigenvalue weighted by atomic mass is 16.5. The number of methoxy groups -OCH3 is 1. The fourth-order valence-corrected chi connectivity index (χ4v) is 4.55. The first kappa shape index (κ1) is 18.4. The Morgan fingerprint density at radius 3 is 2.83 bits per heavy atom. The van der Waals surface area contributed by atoms with Gasteiger partial charge in [0, 0.05) is 19.6 Å². The zero-order valence-corrected chi connectivity index (χ0v) is 17.1. The maximum Gasteiger partial charge on any atom is 0.135 e. The van der Waals surface area contributed by atoms with Crippen molar-refractivity contribution in [3.8, 4) is 17.0 Å². The van der Waals surface area contributed by atoms with Crippen LogP contribution in [0.5, 0.6) is 5.75 Å². The molecule has 5 heteroatoms. The van der Waals surface area contributed by atoms with E-state index < -0.39 is 0 Å². The first-order valence-corrected chi connectivity index (χ1v) is 10.2. The Labute approximate surface area is 171 Å². The summed E-state index contributed by atoms with van der Waals surface area (Å²) in [7, 11) is 1.72. The summed E-state index contributed by atoms with van der Waals surface area (Å²) in [6.45, 7) is 6.47. The smallest absolute Gasteiger partial charge is 0.135 e. The summed E-state index contributed by atoms with van der Waals surface area (Å²) in [6, 6.07) is 17.0. The molecule has 1 aromatic heterocycles. The Bertz CT molecular complexity index is 1010. The topological polar surface area (TPSA) is 39.5 Å². The monoisotopic (exact) mass is 389 g/mol. The van der Waals surface area contributed by atoms with Crippen molar-refractivity contribution in [3.05, 3.63) is 71.7 Å². The fourth-order valence-electron chi connectivity index (χ4n) is 4.55. The van der Waals surface area contributed by atoms with Crippen LogP contribution < -0.4 is 4.74 Å². The predicted octanol–water partition coefficient (Wildman–Crippen LogP) is 4.04. The van der Waals surface area contributed by atoms with Crippen LogP contribution in [0.15, 0.2) is 54.7 Å². The molecule has 2 aromatic carbocycles. The number of likely N-dealkylation sites (tertiary alicyclic amines) is 1. The minimum atomic E-state index is -0.133. The summed E-state index contributed by atoms with van der Waals surface area (Å²) in [6.07, 6.45) is 3.03. The molecule has 0 amide bonds. The first-order valence-electron chi connectivity index (χ1n) is 10.2. The average Bonchev–Trinajstić information content (AvgIpc) is 3.33. The van der Waals surface area contributed by atoms with Gasteiger partial charge in [0.1, 0.15) is 23.8 Å². The van der Waals surface area contributed by atoms with Gasteiger partial charge >= 0.3 is 0 Å². The maximum atomic E-state index is 6.38. The second-order valence-corrected chi connectivity index (χ2v) is 8.30. The molecule has 0 bridgehead atoms. The highest BCUT2D eigenvalue weighted by Crippen LogP contribution is 2.35. The van der Waals surface area contributed by atoms with Crippen molar-refractivity contribution in [1.82, 2.24) is 14.5 Å². The molecule has 1 spiro atoms. The number of aromatic nitrogens is 2. The summed E-state index contributed by atoms with van der Waals surface area (Å²) in [4.78, 5) is 7.11. The number of nitrogens with zero attached hydrogens (tertiary/aromatic N) is 3. The molecular weight excluding hydrogens is 362 g/mol. The van der Waals surface area contributed by atoms with Crippen LogP contribution in [-0.2, 0) is 24.4 Å². The highest BCUT2D eigenvalue weighted by Gasteiger charge is 2.43. The molecule has 2 aliphatic rings. The third kappa shape index (κ3) is 3.56. The van der Waals surface area contributed by atoms with Gasteiger partial charge in [-0.25, -0.2) is 4.98 Å². The molecule has 0 unspecified atom stereocenters. The molecule has 3 aromatic rings. The van der Waals surface area contributed by atoms with E-state index in [1.807, 2.05) is 12.3 Å². The molecule has 29 heavy (non-hydrogen) atoms. The highest BCUT2D eigenvalue weighted by molar-refractivity contribution is 5.60. The lowest BCUT2D eigenvalue weighted by Crippen LogP contribution is -2.44. The number of benzene rings is 2. The zero-order valence-electron chi connectivity index (χ0n) is 17.1. The molecular formula is C24H27N3O2. The fraction of sp³-hybridized carbons (Fsp3) is 0.375. The van der Waals surface area contributed by atoms with Crippen LogP contribution in [0.1, 0.15) is 23.4 Å². The molecule has 1 fully saturated rings. The van der Waals surface area contributed by atoms with Gasteiger partial charge in [0.15, 0.2) is 0 Å². The molecule has 1 atom stereocenters. The van der Waals surface area contributed by atoms with Crippen molar-refractivity contribution >= 4 is 0 Å². The average molecular weight is 389 g/mol. The number of hydrogen-bond donors (Lipinski definition) is 0. The van der Waals surface area contributed by atoms with Crippen LogP contribution in [0.3, 0.4) is 0 Å². The Morgan fingerprint density at radius 2 is 2.00 bits per heavy atom. The third-order valence-electron chi connectivity index (χ3n) is 6.18. The van der Waals surface area contributed by atoms with Gasteiger partial charge in [-0.2, -0.15) is 0 Å². The lowest BCUT2D eigenvalue weighted by atomic mass is 10.0. The molecule has 0 aliphatic carbocycles. The molecule has 5 rings (SSSR count). The quantitative estimate of drug-likeness (QED) is 0.675. The molecule has 2 aliphatic heterocycles. The van der Waals surface area contributed by atoms with E-state index in [0.717, 1.165) is 44.2 Å². The van der Waals surface area contributed by atoms with Gasteiger partial charge in [0.2, 0.25) is 0 Å². The van der Waals surface area contributed by atoms with Crippen LogP contribution in [-0.4, -0.2) is 40.3 Å². The van der Waals surface area contributed by atoms with Crippen LogP contribution in [0.4, 0.5) is 0 Å². The van der Waals surface area contributed by atoms with Crippen molar-refractivity contribution in [1.29, 1.82) is 0 Å². The zero-order chi connectivity index (χ0) is 19.8. The van der Waals surface area contributed by atoms with E-state index in [2.05, 4.69) is 63.8 Å². The molecule has 150 valence electrons. The van der Waals surface area contributed by atoms with Crippen molar-refractivity contribution in [3.63, 3.8) is 0 Å². The molecule has 5 nitrogen and oxygen atoms in total. The minimum Gasteiger partial charge on any atom is -0.497 e. The van der Waals surface area contributed by atoms with Gasteiger partial charge in [-0.1, -0.05) is 42.0 Å². The van der Waals surface area contributed by atoms with Crippen LogP contribution in [0, 0.1) is 6.92 Å². The second-order valence-electron chi connectivity index (χ2n) is 8.30. The van der Waals surface area contributed by atoms with Crippen molar-refractivity contribution in [2.45, 2.75) is 38.6 Å². The van der Waals surface area contributed by atoms with Crippen molar-refractivity contribution in [2.75, 3.05) is 20.2 Å². The number of fused-ring (bicyclic) bond motifs is 1. The van der Waals surface area contributed by atoms with Crippen LogP contribution >= 0.6 is 0 Å². The molecule has 1 saturated heterocycles. The summed E-state index contributed by atoms with van der Waals surface area (Å²) in [5, 5.41) is 0. The molecule has 0 saturated carbocycles. The predicted molar refractivity (Wildman–Crippen MR) is 113 cm³/mol. The van der Waals surface area contributed by atoms with Gasteiger partial charge in [0.25, 0.3) is 0 Å². The first-order chi connectivity index (χ1) is 14.1. The summed E-state index contributed by atoms with van der Waals surface area (Å²) < 4.78 is 14.1. The number of ether oxygens (including phenoxy) is 2. The number of aryl methyl sites for hydroxylation is 1. The minimum absolute atomic E-state index is 0.133. The van der Waals surface area contributed by atoms with E-state index >= 15 is 0 Å². The van der Waals surface area contributed by atoms with Gasteiger partial charge in [0.05, 0.1) is 25.5 Å². The van der Waals surface area contributed by atoms with Crippen molar-refractivity contribution in [2.24, 2.45) is 0 Å². The third-order valence-corrected chi connectivity index (χ3v) is 6.18. The Morgan fingerprint density at radius 1 is 1.14 bits per heavy atom. The Hall–Kier alpha value is -2.63. The van der Waals surface area contributed by atoms with E-state index in [1.165, 1.54) is 22.4 Å². The van der Waals surface area contributed by atoms with Gasteiger partial charge < -0.3 is 14.0 Å². The molecule has 3 heterocycles. The normalized spacial score (nSPS) is 21.4. The standard InChI is InChI=1S/C24H27N3O2/c1-18-6-8-20(9-7-18)22-13-25-23-15-29-24(17-27(22)23)10-11-26(16-24)14-19-4-3-5-21(12-19)28-2/h3-9,12-13H,10-11,14-17H2,1-2H3/t24-/m0/s1. The van der Waals surface area contributed by atoms with E-state index in [9.17, 15) is 0 Å². The number of hydrogen-bond acceptors (Lipinski definition) is 4. The summed E-state index contributed by atoms with van der Waals surface area (Å²) >= 11 is 0. The van der Waals surface area contributed by atoms with E-state index in [-0.39, 0.29) is 5.60 Å². The van der Waals surface area contributed by atoms with Crippen molar-refractivity contribution < 1.29 is 9.47 Å². The lowest BCUT2D eigenvalue weighted by Gasteiger charge is -2.35. The second kappa shape index (κ2) is 7.32. The maximum absolute atomic E-state index is 6.38. The SMILES string of the molecule is COc1cccc(CN2CC[C@]3(C2)Cn2c(-c4ccc(C)cc4)cnc2CO3)c1. The molecule has 0 N–H and O–H groups in total. The largest absolute Gasteiger partial charge is 0.497 e. The Balaban J connectivity index is 1.34. The van der Waals surface area contributed by atoms with Gasteiger partial charge in [-0.3, -0.25) is 4.90 Å². The summed E-state index contributed by atoms with van der Waals surface area (Å²) in [5.74, 6) is 1.94. The lowest BCUT2D eigenvalue weighted by molar-refractivity contribution is -0.0821. The van der Waals surface area contributed by atoms with E-state index in [1.54, 1.807) is 7.11 Å². The number of rotatable bonds is 4. The molecule has 0 radical (unpaired) electrons. The van der Waals surface area contributed by atoms with Crippen LogP contribution in [0.25, 0.3) is 11.3 Å². The van der Waals surface area contributed by atoms with E-state index in [0.29, 0.717) is 6.61 Å². The van der Waals surface area contributed by atoms with Gasteiger partial charge in [-0.15, -0.1) is 0 Å². The van der Waals surface area contributed by atoms with E-state index in [4.69, 9.17) is 9.47 Å².